The van der Waals surface area contributed by atoms with Crippen LogP contribution in [0.2, 0.25) is 0 Å². The number of aliphatic hydroxyl groups is 2. The van der Waals surface area contributed by atoms with Crippen LogP contribution >= 0.6 is 11.6 Å². The Bertz CT molecular complexity index is 1010. The van der Waals surface area contributed by atoms with Crippen molar-refractivity contribution in [1.29, 1.82) is 0 Å². The van der Waals surface area contributed by atoms with E-state index >= 15 is 0 Å². The lowest BCUT2D eigenvalue weighted by atomic mass is 10.1. The summed E-state index contributed by atoms with van der Waals surface area (Å²) < 4.78 is 0. The summed E-state index contributed by atoms with van der Waals surface area (Å²) in [5, 5.41) is 18.0. The van der Waals surface area contributed by atoms with Gasteiger partial charge in [-0.3, -0.25) is 4.90 Å². The van der Waals surface area contributed by atoms with Gasteiger partial charge >= 0.3 is 0 Å². The zero-order valence-corrected chi connectivity index (χ0v) is 23.5. The molecule has 4 nitrogen and oxygen atoms in total. The maximum Gasteiger partial charge on any atom is 0.0639 e. The zero-order chi connectivity index (χ0) is 28.3. The molecule has 0 fully saturated rings. The standard InChI is InChI=1S/C21H25NO.C9H9Cl.C3H9NO/c1-4-18-6-10-20(11-7-18)15-22(14-17(3)23)16-21-12-8-19(5-2)9-13-21;1-2-8-3-5-9(7-10)6-4-8;1-3(5)2-4/h4-13,17,23H,1-2,14-16H2,3H3;2-6H,1,7H2;3,5H,2,4H2,1H3. The van der Waals surface area contributed by atoms with Crippen LogP contribution in [0.25, 0.3) is 18.2 Å². The molecule has 4 N–H and O–H groups in total. The lowest BCUT2D eigenvalue weighted by Gasteiger charge is -2.24. The molecule has 0 aliphatic rings. The van der Waals surface area contributed by atoms with E-state index in [1.54, 1.807) is 6.92 Å². The van der Waals surface area contributed by atoms with Crippen LogP contribution < -0.4 is 5.73 Å². The molecule has 5 heteroatoms. The number of benzene rings is 3. The van der Waals surface area contributed by atoms with Crippen LogP contribution in [-0.2, 0) is 19.0 Å². The van der Waals surface area contributed by atoms with Crippen molar-refractivity contribution in [3.8, 4) is 0 Å². The molecule has 0 amide bonds. The SMILES string of the molecule is C=Cc1ccc(CCl)cc1.C=Cc1ccc(CN(Cc2ccc(C=C)cc2)CC(C)O)cc1.CC(O)CN. The molecule has 2 unspecified atom stereocenters. The maximum absolute atomic E-state index is 9.77. The molecule has 38 heavy (non-hydrogen) atoms. The van der Waals surface area contributed by atoms with Crippen molar-refractivity contribution < 1.29 is 10.2 Å². The van der Waals surface area contributed by atoms with E-state index in [9.17, 15) is 5.11 Å². The predicted molar refractivity (Wildman–Crippen MR) is 166 cm³/mol. The highest BCUT2D eigenvalue weighted by Crippen LogP contribution is 2.14. The first kappa shape index (κ1) is 33.0. The van der Waals surface area contributed by atoms with Crippen LogP contribution in [0.15, 0.2) is 92.5 Å². The molecule has 3 aromatic rings. The first-order chi connectivity index (χ1) is 18.2. The maximum atomic E-state index is 9.77. The van der Waals surface area contributed by atoms with Crippen molar-refractivity contribution in [3.05, 3.63) is 126 Å². The zero-order valence-electron chi connectivity index (χ0n) is 22.8. The van der Waals surface area contributed by atoms with Crippen molar-refractivity contribution in [1.82, 2.24) is 4.90 Å². The minimum Gasteiger partial charge on any atom is -0.392 e. The lowest BCUT2D eigenvalue weighted by Crippen LogP contribution is -2.30. The van der Waals surface area contributed by atoms with Gasteiger partial charge in [0.1, 0.15) is 0 Å². The summed E-state index contributed by atoms with van der Waals surface area (Å²) in [6, 6.07) is 24.8. The van der Waals surface area contributed by atoms with Gasteiger partial charge in [0.05, 0.1) is 12.2 Å². The molecule has 0 aliphatic heterocycles. The summed E-state index contributed by atoms with van der Waals surface area (Å²) in [7, 11) is 0. The Labute approximate surface area is 234 Å². The number of nitrogens with zero attached hydrogens (tertiary/aromatic N) is 1. The molecule has 3 aromatic carbocycles. The minimum atomic E-state index is -0.352. The van der Waals surface area contributed by atoms with E-state index in [0.29, 0.717) is 19.0 Å². The predicted octanol–water partition coefficient (Wildman–Crippen LogP) is 6.75. The number of aliphatic hydroxyl groups excluding tert-OH is 2. The van der Waals surface area contributed by atoms with Gasteiger partial charge in [0.15, 0.2) is 0 Å². The number of rotatable bonds is 11. The highest BCUT2D eigenvalue weighted by atomic mass is 35.5. The Morgan fingerprint density at radius 1 is 0.684 bits per heavy atom. The van der Waals surface area contributed by atoms with Gasteiger partial charge in [0.25, 0.3) is 0 Å². The van der Waals surface area contributed by atoms with Crippen LogP contribution in [0, 0.1) is 0 Å². The van der Waals surface area contributed by atoms with Crippen LogP contribution in [0.4, 0.5) is 0 Å². The van der Waals surface area contributed by atoms with Crippen LogP contribution in [-0.4, -0.2) is 40.4 Å². The summed E-state index contributed by atoms with van der Waals surface area (Å²) in [4.78, 5) is 2.26. The Kier molecular flexibility index (Phi) is 16.6. The Balaban J connectivity index is 0.000000395. The van der Waals surface area contributed by atoms with E-state index in [1.165, 1.54) is 11.1 Å². The van der Waals surface area contributed by atoms with Gasteiger partial charge in [-0.15, -0.1) is 11.6 Å². The van der Waals surface area contributed by atoms with Crippen LogP contribution in [0.1, 0.15) is 47.2 Å². The Morgan fingerprint density at radius 3 is 1.24 bits per heavy atom. The fourth-order valence-corrected chi connectivity index (χ4v) is 3.51. The molecule has 0 heterocycles. The molecule has 0 aliphatic carbocycles. The van der Waals surface area contributed by atoms with Gasteiger partial charge in [0.2, 0.25) is 0 Å². The molecular weight excluding hydrogens is 492 g/mol. The van der Waals surface area contributed by atoms with Gasteiger partial charge in [-0.05, 0) is 47.2 Å². The molecule has 0 bridgehead atoms. The second-order valence-corrected chi connectivity index (χ2v) is 9.34. The third-order valence-corrected chi connectivity index (χ3v) is 5.79. The van der Waals surface area contributed by atoms with Crippen molar-refractivity contribution in [2.75, 3.05) is 13.1 Å². The van der Waals surface area contributed by atoms with E-state index in [0.717, 1.165) is 35.3 Å². The highest BCUT2D eigenvalue weighted by Gasteiger charge is 2.10. The molecule has 0 aromatic heterocycles. The largest absolute Gasteiger partial charge is 0.392 e. The van der Waals surface area contributed by atoms with Gasteiger partial charge in [-0.2, -0.15) is 0 Å². The van der Waals surface area contributed by atoms with E-state index in [4.69, 9.17) is 22.4 Å². The fraction of sp³-hybridized carbons (Fsp3) is 0.273. The third-order valence-electron chi connectivity index (χ3n) is 5.48. The van der Waals surface area contributed by atoms with E-state index in [-0.39, 0.29) is 12.2 Å². The second-order valence-electron chi connectivity index (χ2n) is 9.07. The summed E-state index contributed by atoms with van der Waals surface area (Å²) in [5.41, 5.74) is 11.9. The number of alkyl halides is 1. The summed E-state index contributed by atoms with van der Waals surface area (Å²) in [6.45, 7) is 17.3. The highest BCUT2D eigenvalue weighted by molar-refractivity contribution is 6.17. The van der Waals surface area contributed by atoms with E-state index in [2.05, 4.69) is 73.2 Å². The average molecular weight is 535 g/mol. The molecular formula is C33H43ClN2O2. The van der Waals surface area contributed by atoms with Crippen LogP contribution in [0.5, 0.6) is 0 Å². The molecule has 204 valence electrons. The average Bonchev–Trinajstić information content (AvgIpc) is 2.94. The van der Waals surface area contributed by atoms with Crippen molar-refractivity contribution in [2.24, 2.45) is 5.73 Å². The molecule has 2 atom stereocenters. The van der Waals surface area contributed by atoms with Gasteiger partial charge in [-0.25, -0.2) is 0 Å². The number of nitrogens with two attached hydrogens (primary N) is 1. The number of hydrogen-bond acceptors (Lipinski definition) is 4. The van der Waals surface area contributed by atoms with E-state index in [1.807, 2.05) is 49.4 Å². The monoisotopic (exact) mass is 534 g/mol. The molecule has 0 radical (unpaired) electrons. The fourth-order valence-electron chi connectivity index (χ4n) is 3.34. The van der Waals surface area contributed by atoms with Gasteiger partial charge in [0, 0.05) is 32.1 Å². The van der Waals surface area contributed by atoms with Crippen molar-refractivity contribution >= 4 is 29.8 Å². The number of halogens is 1. The van der Waals surface area contributed by atoms with Crippen molar-refractivity contribution in [3.63, 3.8) is 0 Å². The summed E-state index contributed by atoms with van der Waals surface area (Å²) >= 11 is 5.60. The smallest absolute Gasteiger partial charge is 0.0639 e. The quantitative estimate of drug-likeness (QED) is 0.238. The molecule has 0 spiro atoms. The topological polar surface area (TPSA) is 69.7 Å². The first-order valence-electron chi connectivity index (χ1n) is 12.7. The Morgan fingerprint density at radius 2 is 1.00 bits per heavy atom. The minimum absolute atomic E-state index is 0.338. The molecule has 0 saturated carbocycles. The molecule has 3 rings (SSSR count). The van der Waals surface area contributed by atoms with E-state index < -0.39 is 0 Å². The van der Waals surface area contributed by atoms with Crippen molar-refractivity contribution in [2.45, 2.75) is 45.0 Å². The third kappa shape index (κ3) is 14.1. The summed E-state index contributed by atoms with van der Waals surface area (Å²) in [6.07, 6.45) is 4.82. The van der Waals surface area contributed by atoms with Gasteiger partial charge < -0.3 is 15.9 Å². The second kappa shape index (κ2) is 19.1. The lowest BCUT2D eigenvalue weighted by molar-refractivity contribution is 0.118. The first-order valence-corrected chi connectivity index (χ1v) is 13.3. The number of hydrogen-bond donors (Lipinski definition) is 3. The summed E-state index contributed by atoms with van der Waals surface area (Å²) in [5.74, 6) is 0.581. The van der Waals surface area contributed by atoms with Crippen LogP contribution in [0.3, 0.4) is 0 Å². The Hall–Kier alpha value is -2.99. The van der Waals surface area contributed by atoms with Gasteiger partial charge in [-0.1, -0.05) is 111 Å². The normalized spacial score (nSPS) is 11.8. The molecule has 0 saturated heterocycles.